The summed E-state index contributed by atoms with van der Waals surface area (Å²) >= 11 is 0. The number of hydrogen-bond donors (Lipinski definition) is 1. The molecule has 0 bridgehead atoms. The molecule has 1 aliphatic rings. The van der Waals surface area contributed by atoms with E-state index in [1.165, 1.54) is 19.4 Å². The first kappa shape index (κ1) is 17.5. The molecule has 1 aromatic heterocycles. The summed E-state index contributed by atoms with van der Waals surface area (Å²) < 4.78 is 0. The van der Waals surface area contributed by atoms with Crippen molar-refractivity contribution in [1.82, 2.24) is 14.9 Å². The highest BCUT2D eigenvalue weighted by Crippen LogP contribution is 2.24. The van der Waals surface area contributed by atoms with Gasteiger partial charge < -0.3 is 10.0 Å². The zero-order valence-corrected chi connectivity index (χ0v) is 14.9. The normalized spacial score (nSPS) is 18.4. The van der Waals surface area contributed by atoms with Crippen LogP contribution in [0.5, 0.6) is 0 Å². The van der Waals surface area contributed by atoms with Crippen molar-refractivity contribution >= 4 is 5.97 Å². The Bertz CT molecular complexity index is 728. The third-order valence-corrected chi connectivity index (χ3v) is 4.92. The summed E-state index contributed by atoms with van der Waals surface area (Å²) in [6.45, 7) is 6.79. The smallest absolute Gasteiger partial charge is 0.336 e. The van der Waals surface area contributed by atoms with Crippen LogP contribution in [0.1, 0.15) is 42.7 Å². The van der Waals surface area contributed by atoms with Gasteiger partial charge in [-0.05, 0) is 51.6 Å². The zero-order valence-electron chi connectivity index (χ0n) is 14.9. The summed E-state index contributed by atoms with van der Waals surface area (Å²) in [4.78, 5) is 22.9. The highest BCUT2D eigenvalue weighted by molar-refractivity contribution is 5.95. The number of hydrogen-bond acceptors (Lipinski definition) is 4. The average molecular weight is 339 g/mol. The fourth-order valence-electron chi connectivity index (χ4n) is 3.52. The maximum absolute atomic E-state index is 11.4. The number of carboxylic acids is 1. The Morgan fingerprint density at radius 2 is 2.08 bits per heavy atom. The summed E-state index contributed by atoms with van der Waals surface area (Å²) in [5.74, 6) is -0.333. The molecule has 0 radical (unpaired) electrons. The zero-order chi connectivity index (χ0) is 17.8. The van der Waals surface area contributed by atoms with Gasteiger partial charge in [0.2, 0.25) is 0 Å². The molecule has 2 heterocycles. The SMILES string of the molecule is CC(C)N1CCC[C@@H](Cc2cnc(-c3ccccc3C(=O)O)cn2)C1. The minimum absolute atomic E-state index is 0.254. The van der Waals surface area contributed by atoms with Gasteiger partial charge in [0, 0.05) is 24.3 Å². The molecule has 2 aromatic rings. The number of likely N-dealkylation sites (tertiary alicyclic amines) is 1. The van der Waals surface area contributed by atoms with E-state index >= 15 is 0 Å². The molecule has 25 heavy (non-hydrogen) atoms. The van der Waals surface area contributed by atoms with E-state index in [-0.39, 0.29) is 5.56 Å². The Kier molecular flexibility index (Phi) is 5.43. The maximum Gasteiger partial charge on any atom is 0.336 e. The second-order valence-corrected chi connectivity index (χ2v) is 7.04. The van der Waals surface area contributed by atoms with Gasteiger partial charge in [0.05, 0.1) is 23.1 Å². The van der Waals surface area contributed by atoms with Crippen molar-refractivity contribution in [3.63, 3.8) is 0 Å². The van der Waals surface area contributed by atoms with Crippen molar-refractivity contribution in [3.8, 4) is 11.3 Å². The van der Waals surface area contributed by atoms with Crippen LogP contribution < -0.4 is 0 Å². The summed E-state index contributed by atoms with van der Waals surface area (Å²) in [6, 6.07) is 7.49. The molecule has 0 amide bonds. The van der Waals surface area contributed by atoms with Crippen molar-refractivity contribution in [3.05, 3.63) is 47.9 Å². The molecule has 1 N–H and O–H groups in total. The van der Waals surface area contributed by atoms with Crippen LogP contribution in [-0.4, -0.2) is 45.1 Å². The van der Waals surface area contributed by atoms with Gasteiger partial charge in [-0.15, -0.1) is 0 Å². The minimum Gasteiger partial charge on any atom is -0.478 e. The highest BCUT2D eigenvalue weighted by Gasteiger charge is 2.22. The number of carbonyl (C=O) groups is 1. The van der Waals surface area contributed by atoms with Crippen molar-refractivity contribution in [2.45, 2.75) is 39.2 Å². The predicted octanol–water partition coefficient (Wildman–Crippen LogP) is 3.50. The topological polar surface area (TPSA) is 66.3 Å². The molecular formula is C20H25N3O2. The summed E-state index contributed by atoms with van der Waals surface area (Å²) in [5, 5.41) is 9.31. The Hall–Kier alpha value is -2.27. The number of aromatic nitrogens is 2. The lowest BCUT2D eigenvalue weighted by atomic mass is 9.93. The molecule has 5 heteroatoms. The van der Waals surface area contributed by atoms with Gasteiger partial charge in [0.1, 0.15) is 0 Å². The van der Waals surface area contributed by atoms with E-state index < -0.39 is 5.97 Å². The molecule has 1 aromatic carbocycles. The molecule has 3 rings (SSSR count). The fourth-order valence-corrected chi connectivity index (χ4v) is 3.52. The number of piperidine rings is 1. The van der Waals surface area contributed by atoms with Crippen molar-refractivity contribution in [2.75, 3.05) is 13.1 Å². The quantitative estimate of drug-likeness (QED) is 0.903. The summed E-state index contributed by atoms with van der Waals surface area (Å²) in [5.41, 5.74) is 2.45. The molecular weight excluding hydrogens is 314 g/mol. The van der Waals surface area contributed by atoms with Crippen LogP contribution in [0.2, 0.25) is 0 Å². The first-order chi connectivity index (χ1) is 12.0. The van der Waals surface area contributed by atoms with Crippen molar-refractivity contribution in [1.29, 1.82) is 0 Å². The van der Waals surface area contributed by atoms with Gasteiger partial charge in [0.25, 0.3) is 0 Å². The van der Waals surface area contributed by atoms with Gasteiger partial charge in [-0.2, -0.15) is 0 Å². The van der Waals surface area contributed by atoms with E-state index in [1.807, 2.05) is 6.07 Å². The molecule has 1 atom stereocenters. The van der Waals surface area contributed by atoms with Crippen LogP contribution >= 0.6 is 0 Å². The molecule has 5 nitrogen and oxygen atoms in total. The third kappa shape index (κ3) is 4.23. The lowest BCUT2D eigenvalue weighted by Crippen LogP contribution is -2.40. The Labute approximate surface area is 148 Å². The molecule has 1 fully saturated rings. The van der Waals surface area contributed by atoms with Crippen molar-refractivity contribution < 1.29 is 9.90 Å². The minimum atomic E-state index is -0.947. The van der Waals surface area contributed by atoms with Crippen molar-refractivity contribution in [2.24, 2.45) is 5.92 Å². The summed E-state index contributed by atoms with van der Waals surface area (Å²) in [6.07, 6.45) is 6.88. The van der Waals surface area contributed by atoms with Crippen LogP contribution in [0, 0.1) is 5.92 Å². The Morgan fingerprint density at radius 1 is 1.28 bits per heavy atom. The molecule has 132 valence electrons. The van der Waals surface area contributed by atoms with Crippen LogP contribution in [0.4, 0.5) is 0 Å². The Balaban J connectivity index is 1.72. The first-order valence-electron chi connectivity index (χ1n) is 8.92. The van der Waals surface area contributed by atoms with E-state index in [0.717, 1.165) is 18.7 Å². The number of aromatic carboxylic acids is 1. The lowest BCUT2D eigenvalue weighted by Gasteiger charge is -2.35. The lowest BCUT2D eigenvalue weighted by molar-refractivity contribution is 0.0697. The van der Waals surface area contributed by atoms with Gasteiger partial charge in [-0.25, -0.2) is 4.79 Å². The van der Waals surface area contributed by atoms with E-state index in [2.05, 4.69) is 28.7 Å². The summed E-state index contributed by atoms with van der Waals surface area (Å²) in [7, 11) is 0. The van der Waals surface area contributed by atoms with E-state index in [9.17, 15) is 9.90 Å². The van der Waals surface area contributed by atoms with Crippen LogP contribution in [-0.2, 0) is 6.42 Å². The van der Waals surface area contributed by atoms with Gasteiger partial charge in [-0.3, -0.25) is 9.97 Å². The monoisotopic (exact) mass is 339 g/mol. The molecule has 0 unspecified atom stereocenters. The predicted molar refractivity (Wildman–Crippen MR) is 97.6 cm³/mol. The second kappa shape index (κ2) is 7.74. The van der Waals surface area contributed by atoms with E-state index in [4.69, 9.17) is 0 Å². The molecule has 0 spiro atoms. The fraction of sp³-hybridized carbons (Fsp3) is 0.450. The standard InChI is InChI=1S/C20H25N3O2/c1-14(2)23-9-5-6-15(13-23)10-16-11-22-19(12-21-16)17-7-3-4-8-18(17)20(24)25/h3-4,7-8,11-12,14-15H,5-6,9-10,13H2,1-2H3,(H,24,25)/t15-/m0/s1. The third-order valence-electron chi connectivity index (χ3n) is 4.92. The maximum atomic E-state index is 11.4. The van der Waals surface area contributed by atoms with Gasteiger partial charge in [-0.1, -0.05) is 18.2 Å². The molecule has 1 saturated heterocycles. The molecule has 0 saturated carbocycles. The number of rotatable bonds is 5. The van der Waals surface area contributed by atoms with Gasteiger partial charge >= 0.3 is 5.97 Å². The average Bonchev–Trinajstić information content (AvgIpc) is 2.62. The highest BCUT2D eigenvalue weighted by atomic mass is 16.4. The molecule has 0 aliphatic carbocycles. The first-order valence-corrected chi connectivity index (χ1v) is 8.92. The van der Waals surface area contributed by atoms with E-state index in [0.29, 0.717) is 23.2 Å². The Morgan fingerprint density at radius 3 is 2.76 bits per heavy atom. The number of nitrogens with zero attached hydrogens (tertiary/aromatic N) is 3. The van der Waals surface area contributed by atoms with E-state index in [1.54, 1.807) is 30.6 Å². The molecule has 1 aliphatic heterocycles. The van der Waals surface area contributed by atoms with Crippen LogP contribution in [0.25, 0.3) is 11.3 Å². The largest absolute Gasteiger partial charge is 0.478 e. The van der Waals surface area contributed by atoms with Gasteiger partial charge in [0.15, 0.2) is 0 Å². The number of benzene rings is 1. The number of carboxylic acid groups (broad SMARTS) is 1. The van der Waals surface area contributed by atoms with Crippen LogP contribution in [0.3, 0.4) is 0 Å². The second-order valence-electron chi connectivity index (χ2n) is 7.04. The van der Waals surface area contributed by atoms with Crippen LogP contribution in [0.15, 0.2) is 36.7 Å².